The molecule has 14 heteroatoms. The van der Waals surface area contributed by atoms with Crippen molar-refractivity contribution in [1.82, 2.24) is 8.61 Å². The smallest absolute Gasteiger partial charge is 0.203 e. The van der Waals surface area contributed by atoms with E-state index in [1.54, 1.807) is 24.3 Å². The molecule has 0 aromatic heterocycles. The first-order chi connectivity index (χ1) is 19.1. The highest BCUT2D eigenvalue weighted by molar-refractivity contribution is 7.90. The standard InChI is InChI=1S/C27H38F6N2O4S2/c28-26(29,30)40(36,37)34-14-7-15-35(41(38,39)27(31,32)33)25-17-19-9-2-4-11-21(19)23(25)13-6-5-12-22-20-10-3-1-8-18(20)16-24(22)34/h5-6,12-13,18-25H,1-4,7-11,14-17H2/b12-5+,13-6+/t18-,19-,20+,21+,22-,23-,24+,25?/m1/s1. The number of allylic oxidation sites excluding steroid dienone is 2. The Labute approximate surface area is 238 Å². The molecule has 4 aliphatic carbocycles. The van der Waals surface area contributed by atoms with Crippen LogP contribution in [0.5, 0.6) is 0 Å². The topological polar surface area (TPSA) is 74.8 Å². The molecule has 0 spiro atoms. The fourth-order valence-electron chi connectivity index (χ4n) is 8.70. The SMILES string of the molecule is O=S(=O)(N1CCCN(S(=O)(=O)C(F)(F)F)[C@H]2C[C@H]3CCCC[C@@H]3[C@H]2/C=C/C=C/[C@H]2C1C[C@H]1CCCC[C@@H]12)C(F)(F)F. The van der Waals surface area contributed by atoms with Gasteiger partial charge in [0.2, 0.25) is 0 Å². The number of halogens is 6. The van der Waals surface area contributed by atoms with Crippen molar-refractivity contribution in [2.45, 2.75) is 93.7 Å². The van der Waals surface area contributed by atoms with E-state index in [-0.39, 0.29) is 36.5 Å². The highest BCUT2D eigenvalue weighted by atomic mass is 32.2. The molecule has 1 heterocycles. The summed E-state index contributed by atoms with van der Waals surface area (Å²) in [5, 5.41) is 0. The van der Waals surface area contributed by atoms with Gasteiger partial charge in [-0.1, -0.05) is 62.8 Å². The van der Waals surface area contributed by atoms with Crippen molar-refractivity contribution in [3.63, 3.8) is 0 Å². The van der Waals surface area contributed by atoms with Crippen LogP contribution < -0.4 is 0 Å². The number of hydrogen-bond donors (Lipinski definition) is 0. The molecule has 0 bridgehead atoms. The van der Waals surface area contributed by atoms with Gasteiger partial charge in [-0.2, -0.15) is 35.0 Å². The number of sulfonamides is 2. The second kappa shape index (κ2) is 11.4. The molecule has 41 heavy (non-hydrogen) atoms. The van der Waals surface area contributed by atoms with Gasteiger partial charge in [-0.3, -0.25) is 0 Å². The minimum atomic E-state index is -5.82. The fourth-order valence-corrected chi connectivity index (χ4v) is 11.1. The minimum absolute atomic E-state index is 0.0125. The largest absolute Gasteiger partial charge is 0.511 e. The van der Waals surface area contributed by atoms with Gasteiger partial charge in [-0.25, -0.2) is 16.8 Å². The van der Waals surface area contributed by atoms with Gasteiger partial charge in [0.1, 0.15) is 0 Å². The third kappa shape index (κ3) is 5.75. The van der Waals surface area contributed by atoms with Crippen molar-refractivity contribution in [2.24, 2.45) is 35.5 Å². The third-order valence-corrected chi connectivity index (χ3v) is 13.7. The maximum Gasteiger partial charge on any atom is 0.511 e. The molecule has 1 unspecified atom stereocenters. The van der Waals surface area contributed by atoms with E-state index in [1.165, 1.54) is 0 Å². The van der Waals surface area contributed by atoms with E-state index in [0.29, 0.717) is 8.61 Å². The molecule has 5 aliphatic rings. The molecule has 8 atom stereocenters. The molecule has 6 nitrogen and oxygen atoms in total. The lowest BCUT2D eigenvalue weighted by atomic mass is 9.77. The molecule has 0 aromatic carbocycles. The van der Waals surface area contributed by atoms with Crippen LogP contribution in [-0.2, 0) is 20.0 Å². The predicted molar refractivity (Wildman–Crippen MR) is 141 cm³/mol. The Morgan fingerprint density at radius 1 is 0.561 bits per heavy atom. The van der Waals surface area contributed by atoms with Gasteiger partial charge in [-0.05, 0) is 67.6 Å². The zero-order valence-electron chi connectivity index (χ0n) is 22.7. The van der Waals surface area contributed by atoms with Crippen LogP contribution in [0.15, 0.2) is 24.3 Å². The first-order valence-corrected chi connectivity index (χ1v) is 17.5. The fraction of sp³-hybridized carbons (Fsp3) is 0.852. The molecule has 0 aromatic rings. The maximum atomic E-state index is 13.9. The summed E-state index contributed by atoms with van der Waals surface area (Å²) in [6, 6.07) is -2.01. The van der Waals surface area contributed by atoms with Gasteiger partial charge in [-0.15, -0.1) is 0 Å². The van der Waals surface area contributed by atoms with Crippen LogP contribution in [0.1, 0.15) is 70.6 Å². The molecule has 234 valence electrons. The number of hydrogen-bond acceptors (Lipinski definition) is 4. The Morgan fingerprint density at radius 2 is 0.927 bits per heavy atom. The van der Waals surface area contributed by atoms with E-state index in [1.807, 2.05) is 0 Å². The van der Waals surface area contributed by atoms with Crippen LogP contribution in [0.25, 0.3) is 0 Å². The van der Waals surface area contributed by atoms with Gasteiger partial charge in [0, 0.05) is 25.2 Å². The Balaban J connectivity index is 1.57. The summed E-state index contributed by atoms with van der Waals surface area (Å²) in [6.45, 7) is -1.42. The zero-order chi connectivity index (χ0) is 29.8. The summed E-state index contributed by atoms with van der Waals surface area (Å²) in [5.74, 6) is -0.817. The molecular formula is C27H38F6N2O4S2. The number of nitrogens with zero attached hydrogens (tertiary/aromatic N) is 2. The maximum absolute atomic E-state index is 13.9. The second-order valence-electron chi connectivity index (χ2n) is 12.4. The van der Waals surface area contributed by atoms with E-state index in [4.69, 9.17) is 0 Å². The Hall–Kier alpha value is -1.12. The summed E-state index contributed by atoms with van der Waals surface area (Å²) in [7, 11) is -11.6. The van der Waals surface area contributed by atoms with Crippen LogP contribution in [0.3, 0.4) is 0 Å². The predicted octanol–water partition coefficient (Wildman–Crippen LogP) is 6.20. The van der Waals surface area contributed by atoms with E-state index >= 15 is 0 Å². The lowest BCUT2D eigenvalue weighted by Crippen LogP contribution is -2.51. The average Bonchev–Trinajstić information content (AvgIpc) is 3.42. The van der Waals surface area contributed by atoms with Crippen molar-refractivity contribution >= 4 is 20.0 Å². The van der Waals surface area contributed by atoms with E-state index < -0.39 is 74.5 Å². The number of rotatable bonds is 2. The molecule has 4 saturated carbocycles. The Kier molecular flexibility index (Phi) is 8.72. The summed E-state index contributed by atoms with van der Waals surface area (Å²) < 4.78 is 136. The lowest BCUT2D eigenvalue weighted by Gasteiger charge is -2.35. The first kappa shape index (κ1) is 31.3. The molecule has 0 saturated heterocycles. The van der Waals surface area contributed by atoms with Gasteiger partial charge in [0.25, 0.3) is 0 Å². The highest BCUT2D eigenvalue weighted by Crippen LogP contribution is 2.52. The molecular weight excluding hydrogens is 594 g/mol. The number of alkyl halides is 6. The van der Waals surface area contributed by atoms with Crippen LogP contribution >= 0.6 is 0 Å². The van der Waals surface area contributed by atoms with Gasteiger partial charge >= 0.3 is 31.1 Å². The minimum Gasteiger partial charge on any atom is -0.203 e. The highest BCUT2D eigenvalue weighted by Gasteiger charge is 2.58. The average molecular weight is 633 g/mol. The van der Waals surface area contributed by atoms with Gasteiger partial charge in [0.05, 0.1) is 0 Å². The zero-order valence-corrected chi connectivity index (χ0v) is 24.4. The first-order valence-electron chi connectivity index (χ1n) is 14.7. The molecule has 1 aliphatic heterocycles. The Bertz CT molecular complexity index is 1140. The van der Waals surface area contributed by atoms with Crippen molar-refractivity contribution in [3.8, 4) is 0 Å². The van der Waals surface area contributed by atoms with Gasteiger partial charge < -0.3 is 0 Å². The van der Waals surface area contributed by atoms with E-state index in [9.17, 15) is 43.2 Å². The molecule has 0 amide bonds. The monoisotopic (exact) mass is 632 g/mol. The normalized spacial score (nSPS) is 39.8. The van der Waals surface area contributed by atoms with Crippen molar-refractivity contribution in [1.29, 1.82) is 0 Å². The Morgan fingerprint density at radius 3 is 1.29 bits per heavy atom. The summed E-state index contributed by atoms with van der Waals surface area (Å²) >= 11 is 0. The second-order valence-corrected chi connectivity index (χ2v) is 16.2. The van der Waals surface area contributed by atoms with Crippen molar-refractivity contribution in [2.75, 3.05) is 13.1 Å². The van der Waals surface area contributed by atoms with Crippen LogP contribution in [-0.4, -0.2) is 61.6 Å². The van der Waals surface area contributed by atoms with E-state index in [2.05, 4.69) is 0 Å². The quantitative estimate of drug-likeness (QED) is 0.340. The molecule has 0 radical (unpaired) electrons. The van der Waals surface area contributed by atoms with Crippen LogP contribution in [0.4, 0.5) is 26.3 Å². The molecule has 4 fully saturated rings. The third-order valence-electron chi connectivity index (χ3n) is 10.4. The summed E-state index contributed by atoms with van der Waals surface area (Å²) in [6.07, 6.45) is 13.6. The summed E-state index contributed by atoms with van der Waals surface area (Å²) in [5.41, 5.74) is -11.2. The molecule has 0 N–H and O–H groups in total. The van der Waals surface area contributed by atoms with Crippen molar-refractivity contribution in [3.05, 3.63) is 24.3 Å². The van der Waals surface area contributed by atoms with Crippen LogP contribution in [0, 0.1) is 35.5 Å². The van der Waals surface area contributed by atoms with Gasteiger partial charge in [0.15, 0.2) is 0 Å². The number of fused-ring (bicyclic) bond motifs is 6. The molecule has 5 rings (SSSR count). The van der Waals surface area contributed by atoms with Crippen LogP contribution in [0.2, 0.25) is 0 Å². The lowest BCUT2D eigenvalue weighted by molar-refractivity contribution is -0.0509. The van der Waals surface area contributed by atoms with Crippen molar-refractivity contribution < 1.29 is 43.2 Å². The summed E-state index contributed by atoms with van der Waals surface area (Å²) in [4.78, 5) is 0. The van der Waals surface area contributed by atoms with E-state index in [0.717, 1.165) is 51.4 Å².